The summed E-state index contributed by atoms with van der Waals surface area (Å²) in [6.07, 6.45) is 8.12. The lowest BCUT2D eigenvalue weighted by Gasteiger charge is -2.35. The molecule has 5 rings (SSSR count). The number of hydrogen-bond acceptors (Lipinski definition) is 10. The van der Waals surface area contributed by atoms with Crippen LogP contribution in [0.5, 0.6) is 0 Å². The van der Waals surface area contributed by atoms with Crippen LogP contribution in [0, 0.1) is 33.4 Å². The van der Waals surface area contributed by atoms with Crippen LogP contribution in [-0.2, 0) is 19.2 Å². The van der Waals surface area contributed by atoms with Crippen molar-refractivity contribution in [3.8, 4) is 10.4 Å². The molecule has 376 valence electrons. The molecular formula is C51H67F3IN7O6S. The van der Waals surface area contributed by atoms with E-state index in [0.717, 1.165) is 91.9 Å². The molecular weight excluding hydrogens is 1020 g/mol. The summed E-state index contributed by atoms with van der Waals surface area (Å²) in [5, 5.41) is 19.1. The van der Waals surface area contributed by atoms with Crippen LogP contribution < -0.4 is 21.4 Å². The van der Waals surface area contributed by atoms with Crippen LogP contribution in [0.3, 0.4) is 0 Å². The number of aromatic nitrogens is 1. The average molecular weight is 1090 g/mol. The monoisotopic (exact) mass is 1090 g/mol. The van der Waals surface area contributed by atoms with Gasteiger partial charge < -0.3 is 30.9 Å². The fourth-order valence-corrected chi connectivity index (χ4v) is 9.52. The van der Waals surface area contributed by atoms with Crippen LogP contribution in [0.4, 0.5) is 24.5 Å². The number of rotatable bonds is 25. The van der Waals surface area contributed by atoms with Gasteiger partial charge in [0.15, 0.2) is 11.6 Å². The number of hydrogen-bond donors (Lipinski definition) is 5. The highest BCUT2D eigenvalue weighted by molar-refractivity contribution is 14.1. The number of β-amino-alcohol motifs (C(OH)–C–C–N with tert-alkyl or cyclic N) is 1. The minimum Gasteiger partial charge on any atom is -0.391 e. The van der Waals surface area contributed by atoms with Crippen molar-refractivity contribution in [3.05, 3.63) is 98.0 Å². The smallest absolute Gasteiger partial charge is 0.277 e. The lowest BCUT2D eigenvalue weighted by atomic mass is 9.85. The van der Waals surface area contributed by atoms with Crippen molar-refractivity contribution >= 4 is 68.9 Å². The molecule has 0 bridgehead atoms. The fraction of sp³-hybridized carbons (Fsp3) is 0.510. The zero-order valence-electron chi connectivity index (χ0n) is 40.4. The van der Waals surface area contributed by atoms with Crippen molar-refractivity contribution in [2.24, 2.45) is 5.41 Å². The zero-order chi connectivity index (χ0) is 50.3. The number of carbonyl (C=O) groups excluding carboxylic acids is 4. The number of nitrogens with one attached hydrogen (secondary N) is 4. The first kappa shape index (κ1) is 55.3. The Bertz CT molecular complexity index is 2350. The van der Waals surface area contributed by atoms with Crippen LogP contribution in [0.25, 0.3) is 10.4 Å². The number of hydroxylamine groups is 1. The molecule has 0 saturated carbocycles. The van der Waals surface area contributed by atoms with Gasteiger partial charge in [-0.15, -0.1) is 11.3 Å². The Kier molecular flexibility index (Phi) is 21.3. The summed E-state index contributed by atoms with van der Waals surface area (Å²) in [5.74, 6) is -4.91. The maximum absolute atomic E-state index is 14.7. The molecule has 0 aliphatic carbocycles. The highest BCUT2D eigenvalue weighted by Crippen LogP contribution is 2.31. The molecule has 69 heavy (non-hydrogen) atoms. The van der Waals surface area contributed by atoms with Crippen molar-refractivity contribution in [2.75, 3.05) is 38.6 Å². The van der Waals surface area contributed by atoms with E-state index in [1.165, 1.54) is 17.0 Å². The number of aliphatic hydroxyl groups is 1. The van der Waals surface area contributed by atoms with E-state index < -0.39 is 52.6 Å². The molecule has 1 aliphatic heterocycles. The van der Waals surface area contributed by atoms with Gasteiger partial charge >= 0.3 is 0 Å². The van der Waals surface area contributed by atoms with Gasteiger partial charge in [-0.25, -0.2) is 23.6 Å². The summed E-state index contributed by atoms with van der Waals surface area (Å²) in [6, 6.07) is 12.0. The van der Waals surface area contributed by atoms with Crippen molar-refractivity contribution in [2.45, 2.75) is 129 Å². The molecule has 4 amide bonds. The van der Waals surface area contributed by atoms with Gasteiger partial charge in [-0.3, -0.25) is 24.0 Å². The van der Waals surface area contributed by atoms with Crippen molar-refractivity contribution in [1.82, 2.24) is 30.9 Å². The topological polar surface area (TPSA) is 165 Å². The summed E-state index contributed by atoms with van der Waals surface area (Å²) in [6.45, 7) is 11.3. The van der Waals surface area contributed by atoms with Crippen LogP contribution in [0.1, 0.15) is 126 Å². The van der Waals surface area contributed by atoms with Gasteiger partial charge in [-0.05, 0) is 116 Å². The Labute approximate surface area is 421 Å². The molecule has 0 spiro atoms. The second-order valence-corrected chi connectivity index (χ2v) is 21.0. The molecule has 1 aliphatic rings. The van der Waals surface area contributed by atoms with E-state index in [4.69, 9.17) is 4.84 Å². The minimum atomic E-state index is -1.31. The number of unbranched alkanes of at least 4 members (excludes halogenated alkanes) is 7. The Morgan fingerprint density at radius 3 is 2.23 bits per heavy atom. The summed E-state index contributed by atoms with van der Waals surface area (Å²) in [5.41, 5.74) is 5.53. The van der Waals surface area contributed by atoms with E-state index in [1.54, 1.807) is 17.4 Å². The van der Waals surface area contributed by atoms with E-state index in [-0.39, 0.29) is 61.0 Å². The predicted molar refractivity (Wildman–Crippen MR) is 272 cm³/mol. The first-order valence-electron chi connectivity index (χ1n) is 23.7. The van der Waals surface area contributed by atoms with Crippen molar-refractivity contribution in [1.29, 1.82) is 0 Å². The Morgan fingerprint density at radius 1 is 0.913 bits per heavy atom. The molecule has 0 radical (unpaired) electrons. The number of halogens is 4. The lowest BCUT2D eigenvalue weighted by molar-refractivity contribution is -0.144. The van der Waals surface area contributed by atoms with E-state index in [2.05, 4.69) is 31.3 Å². The summed E-state index contributed by atoms with van der Waals surface area (Å²) >= 11 is 3.50. The number of nitrogens with zero attached hydrogens (tertiary/aromatic N) is 3. The van der Waals surface area contributed by atoms with Gasteiger partial charge in [0.05, 0.1) is 51.8 Å². The standard InChI is InChI=1S/C51H67F3IN7O6S/c1-32(34-17-19-35(20-18-34)46-33(2)56-31-69-46)57-49(66)42-29-37(63)30-62(42)50(67)47(51(3,4)5)59-43(64)16-13-11-9-7-8-10-12-14-25-61(6)26-15-27-68-60-48(65)38-22-23-39(52)44(54)45(38)58-41-24-21-36(55)28-40(41)53/h17-24,28,31-32,37,42,47,58,63H,7-16,25-27,29-30H2,1-6H3,(H,57,66)(H,59,64)(H,60,65)/t32-,37-,42+,47+/m0/s1. The third kappa shape index (κ3) is 16.5. The second-order valence-electron chi connectivity index (χ2n) is 18.9. The fourth-order valence-electron chi connectivity index (χ4n) is 8.25. The van der Waals surface area contributed by atoms with Crippen LogP contribution >= 0.6 is 33.9 Å². The Morgan fingerprint density at radius 2 is 1.58 bits per heavy atom. The number of likely N-dealkylation sites (tertiary alicyclic amines) is 1. The normalized spacial score (nSPS) is 15.8. The first-order chi connectivity index (χ1) is 32.8. The van der Waals surface area contributed by atoms with Crippen LogP contribution in [0.15, 0.2) is 60.1 Å². The number of anilines is 2. The third-order valence-electron chi connectivity index (χ3n) is 12.2. The zero-order valence-corrected chi connectivity index (χ0v) is 43.4. The Hall–Kier alpha value is -4.63. The number of carbonyl (C=O) groups is 4. The number of amides is 4. The molecule has 3 aromatic carbocycles. The maximum Gasteiger partial charge on any atom is 0.277 e. The molecule has 2 heterocycles. The van der Waals surface area contributed by atoms with Crippen molar-refractivity contribution in [3.63, 3.8) is 0 Å². The van der Waals surface area contributed by atoms with Gasteiger partial charge in [-0.2, -0.15) is 0 Å². The molecule has 5 N–H and O–H groups in total. The SMILES string of the molecule is Cc1ncsc1-c1ccc([C@H](C)NC(=O)[C@H]2C[C@H](O)CN2C(=O)[C@@H](NC(=O)CCCCCCCCCCN(C)CCCONC(=O)c2ccc(F)c(F)c2Nc2ccc(I)cc2F)C(C)(C)C)cc1. The molecule has 18 heteroatoms. The predicted octanol–water partition coefficient (Wildman–Crippen LogP) is 9.75. The third-order valence-corrected chi connectivity index (χ3v) is 13.9. The van der Waals surface area contributed by atoms with Gasteiger partial charge in [0.1, 0.15) is 17.9 Å². The summed E-state index contributed by atoms with van der Waals surface area (Å²) < 4.78 is 43.8. The molecule has 4 atom stereocenters. The minimum absolute atomic E-state index is 0.0143. The van der Waals surface area contributed by atoms with Gasteiger partial charge in [0.2, 0.25) is 17.7 Å². The largest absolute Gasteiger partial charge is 0.391 e. The van der Waals surface area contributed by atoms with E-state index in [9.17, 15) is 37.5 Å². The summed E-state index contributed by atoms with van der Waals surface area (Å²) in [4.78, 5) is 68.0. The summed E-state index contributed by atoms with van der Waals surface area (Å²) in [7, 11) is 2.01. The van der Waals surface area contributed by atoms with E-state index in [0.29, 0.717) is 16.4 Å². The Balaban J connectivity index is 0.925. The number of aryl methyl sites for hydroxylation is 1. The number of aliphatic hydroxyl groups excluding tert-OH is 1. The molecule has 0 unspecified atom stereocenters. The molecule has 1 fully saturated rings. The first-order valence-corrected chi connectivity index (χ1v) is 25.7. The average Bonchev–Trinajstić information content (AvgIpc) is 3.92. The maximum atomic E-state index is 14.7. The van der Waals surface area contributed by atoms with Crippen molar-refractivity contribution < 1.29 is 42.3 Å². The number of benzene rings is 3. The second kappa shape index (κ2) is 26.5. The van der Waals surface area contributed by atoms with Crippen LogP contribution in [-0.4, -0.2) is 95.0 Å². The number of thiazole rings is 1. The highest BCUT2D eigenvalue weighted by Gasteiger charge is 2.44. The molecule has 1 aromatic heterocycles. The lowest BCUT2D eigenvalue weighted by Crippen LogP contribution is -2.57. The molecule has 4 aromatic rings. The highest BCUT2D eigenvalue weighted by atomic mass is 127. The van der Waals surface area contributed by atoms with Gasteiger partial charge in [0.25, 0.3) is 5.91 Å². The molecule has 1 saturated heterocycles. The molecule has 13 nitrogen and oxygen atoms in total. The van der Waals surface area contributed by atoms with E-state index >= 15 is 0 Å². The van der Waals surface area contributed by atoms with Crippen LogP contribution in [0.2, 0.25) is 0 Å². The van der Waals surface area contributed by atoms with Gasteiger partial charge in [0, 0.05) is 29.5 Å². The van der Waals surface area contributed by atoms with Gasteiger partial charge in [-0.1, -0.05) is 83.6 Å². The van der Waals surface area contributed by atoms with E-state index in [1.807, 2.05) is 94.0 Å². The quantitative estimate of drug-likeness (QED) is 0.0247.